The van der Waals surface area contributed by atoms with E-state index in [4.69, 9.17) is 0 Å². The second kappa shape index (κ2) is 3.84. The van der Waals surface area contributed by atoms with Crippen LogP contribution in [0.5, 0.6) is 0 Å². The maximum atomic E-state index is 13.3. The summed E-state index contributed by atoms with van der Waals surface area (Å²) in [4.78, 5) is 12.8. The van der Waals surface area contributed by atoms with Crippen molar-refractivity contribution in [1.82, 2.24) is 4.98 Å². The molecular weight excluding hydrogens is 219 g/mol. The minimum absolute atomic E-state index is 0.00162. The van der Waals surface area contributed by atoms with Gasteiger partial charge in [0.2, 0.25) is 0 Å². The molecule has 0 fully saturated rings. The quantitative estimate of drug-likeness (QED) is 0.743. The van der Waals surface area contributed by atoms with Gasteiger partial charge in [-0.25, -0.2) is 8.78 Å². The molecule has 0 aliphatic carbocycles. The third kappa shape index (κ3) is 1.84. The molecule has 5 heteroatoms. The Morgan fingerprint density at radius 2 is 1.81 bits per heavy atom. The van der Waals surface area contributed by atoms with E-state index in [1.165, 1.54) is 12.1 Å². The lowest BCUT2D eigenvalue weighted by Crippen LogP contribution is -2.06. The van der Waals surface area contributed by atoms with Crippen LogP contribution >= 0.6 is 0 Å². The van der Waals surface area contributed by atoms with Gasteiger partial charge in [0.15, 0.2) is 17.6 Å². The molecule has 2 nitrogen and oxygen atoms in total. The van der Waals surface area contributed by atoms with Gasteiger partial charge in [-0.05, 0) is 17.7 Å². The molecule has 0 saturated carbocycles. The fraction of sp³-hybridized carbons (Fsp3) is 0. The number of nitrogens with one attached hydrogen (secondary N) is 1. The van der Waals surface area contributed by atoms with Gasteiger partial charge < -0.3 is 0 Å². The molecule has 0 radical (unpaired) electrons. The molecule has 0 aliphatic rings. The lowest BCUT2D eigenvalue weighted by atomic mass is 10.1. The zero-order chi connectivity index (χ0) is 11.7. The number of pyridine rings is 1. The monoisotopic (exact) mass is 225 g/mol. The Labute approximate surface area is 88.4 Å². The highest BCUT2D eigenvalue weighted by molar-refractivity contribution is 5.63. The molecule has 1 aromatic heterocycles. The largest absolute Gasteiger partial charge is 0.299 e. The van der Waals surface area contributed by atoms with E-state index < -0.39 is 23.1 Å². The fourth-order valence-electron chi connectivity index (χ4n) is 1.39. The molecule has 0 bridgehead atoms. The normalized spacial score (nSPS) is 10.4. The summed E-state index contributed by atoms with van der Waals surface area (Å²) >= 11 is 0. The highest BCUT2D eigenvalue weighted by Gasteiger charge is 2.10. The molecule has 0 amide bonds. The van der Waals surface area contributed by atoms with E-state index in [-0.39, 0.29) is 11.1 Å². The van der Waals surface area contributed by atoms with Gasteiger partial charge in [-0.1, -0.05) is 12.1 Å². The molecule has 16 heavy (non-hydrogen) atoms. The predicted molar refractivity (Wildman–Crippen MR) is 52.4 cm³/mol. The van der Waals surface area contributed by atoms with Gasteiger partial charge in [-0.15, -0.1) is 0 Å². The maximum Gasteiger partial charge on any atom is 0.250 e. The predicted octanol–water partition coefficient (Wildman–Crippen LogP) is 2.46. The van der Waals surface area contributed by atoms with Crippen LogP contribution in [0.4, 0.5) is 13.2 Å². The topological polar surface area (TPSA) is 32.9 Å². The van der Waals surface area contributed by atoms with Gasteiger partial charge in [0.05, 0.1) is 0 Å². The maximum absolute atomic E-state index is 13.3. The number of rotatable bonds is 1. The summed E-state index contributed by atoms with van der Waals surface area (Å²) < 4.78 is 39.1. The molecule has 1 N–H and O–H groups in total. The van der Waals surface area contributed by atoms with Crippen LogP contribution < -0.4 is 5.56 Å². The van der Waals surface area contributed by atoms with Crippen molar-refractivity contribution in [1.29, 1.82) is 0 Å². The Kier molecular flexibility index (Phi) is 2.52. The summed E-state index contributed by atoms with van der Waals surface area (Å²) in [5.41, 5.74) is -0.859. The Bertz CT molecular complexity index is 592. The third-order valence-electron chi connectivity index (χ3n) is 2.07. The van der Waals surface area contributed by atoms with Crippen molar-refractivity contribution in [2.75, 3.05) is 0 Å². The first-order chi connectivity index (χ1) is 7.58. The number of halogens is 3. The molecule has 0 unspecified atom stereocenters. The first kappa shape index (κ1) is 10.5. The van der Waals surface area contributed by atoms with E-state index in [0.29, 0.717) is 0 Å². The van der Waals surface area contributed by atoms with Crippen molar-refractivity contribution >= 4 is 0 Å². The summed E-state index contributed by atoms with van der Waals surface area (Å²) in [6.45, 7) is 0. The number of hydrogen-bond donors (Lipinski definition) is 1. The summed E-state index contributed by atoms with van der Waals surface area (Å²) in [5, 5.41) is 0. The number of aromatic nitrogens is 1. The van der Waals surface area contributed by atoms with Crippen LogP contribution in [-0.4, -0.2) is 4.98 Å². The van der Waals surface area contributed by atoms with Crippen molar-refractivity contribution in [3.63, 3.8) is 0 Å². The minimum Gasteiger partial charge on any atom is -0.299 e. The van der Waals surface area contributed by atoms with Crippen LogP contribution in [0.2, 0.25) is 0 Å². The summed E-state index contributed by atoms with van der Waals surface area (Å²) in [7, 11) is 0. The van der Waals surface area contributed by atoms with Crippen LogP contribution in [0.1, 0.15) is 0 Å². The Morgan fingerprint density at radius 3 is 2.50 bits per heavy atom. The number of benzene rings is 1. The second-order valence-electron chi connectivity index (χ2n) is 3.18. The van der Waals surface area contributed by atoms with E-state index in [9.17, 15) is 18.0 Å². The van der Waals surface area contributed by atoms with Gasteiger partial charge in [-0.3, -0.25) is 9.78 Å². The van der Waals surface area contributed by atoms with E-state index in [2.05, 4.69) is 0 Å². The van der Waals surface area contributed by atoms with Crippen LogP contribution in [0.25, 0.3) is 11.1 Å². The van der Waals surface area contributed by atoms with Crippen molar-refractivity contribution < 1.29 is 13.2 Å². The molecule has 2 rings (SSSR count). The van der Waals surface area contributed by atoms with Crippen molar-refractivity contribution in [3.05, 3.63) is 58.3 Å². The van der Waals surface area contributed by atoms with Gasteiger partial charge in [0.25, 0.3) is 5.56 Å². The average Bonchev–Trinajstić information content (AvgIpc) is 2.20. The van der Waals surface area contributed by atoms with Gasteiger partial charge in [0.1, 0.15) is 0 Å². The van der Waals surface area contributed by atoms with Crippen LogP contribution in [0.15, 0.2) is 35.1 Å². The molecule has 0 spiro atoms. The molecule has 0 aliphatic heterocycles. The number of hydrogen-bond acceptors (Lipinski definition) is 1. The van der Waals surface area contributed by atoms with E-state index in [0.717, 1.165) is 18.2 Å². The zero-order valence-corrected chi connectivity index (χ0v) is 7.93. The second-order valence-corrected chi connectivity index (χ2v) is 3.18. The first-order valence-electron chi connectivity index (χ1n) is 4.42. The van der Waals surface area contributed by atoms with E-state index in [1.54, 1.807) is 0 Å². The minimum atomic E-state index is -1.10. The summed E-state index contributed by atoms with van der Waals surface area (Å²) in [5.74, 6) is -3.04. The molecule has 1 aromatic carbocycles. The first-order valence-corrected chi connectivity index (χ1v) is 4.42. The van der Waals surface area contributed by atoms with Crippen molar-refractivity contribution in [2.24, 2.45) is 0 Å². The highest BCUT2D eigenvalue weighted by Crippen LogP contribution is 2.23. The molecule has 2 aromatic rings. The molecule has 82 valence electrons. The zero-order valence-electron chi connectivity index (χ0n) is 7.93. The lowest BCUT2D eigenvalue weighted by molar-refractivity contribution is 0.511. The van der Waals surface area contributed by atoms with Gasteiger partial charge in [-0.2, -0.15) is 4.39 Å². The fourth-order valence-corrected chi connectivity index (χ4v) is 1.39. The molecule has 0 saturated heterocycles. The number of aromatic amines is 1. The third-order valence-corrected chi connectivity index (χ3v) is 2.07. The Balaban J connectivity index is 2.67. The highest BCUT2D eigenvalue weighted by atomic mass is 19.2. The van der Waals surface area contributed by atoms with Gasteiger partial charge >= 0.3 is 0 Å². The van der Waals surface area contributed by atoms with E-state index >= 15 is 0 Å². The van der Waals surface area contributed by atoms with Crippen molar-refractivity contribution in [3.8, 4) is 11.1 Å². The van der Waals surface area contributed by atoms with Crippen molar-refractivity contribution in [2.45, 2.75) is 0 Å². The summed E-state index contributed by atoms with van der Waals surface area (Å²) in [6, 6.07) is 5.43. The standard InChI is InChI=1S/C11H6F3NO/c12-8-3-1-2-7(11(8)14)6-4-9(13)15-10(16)5-6/h1-5H,(H,15,16). The van der Waals surface area contributed by atoms with Crippen LogP contribution in [-0.2, 0) is 0 Å². The molecule has 1 heterocycles. The van der Waals surface area contributed by atoms with Crippen LogP contribution in [0.3, 0.4) is 0 Å². The van der Waals surface area contributed by atoms with E-state index in [1.807, 2.05) is 4.98 Å². The average molecular weight is 225 g/mol. The summed E-state index contributed by atoms with van der Waals surface area (Å²) in [6.07, 6.45) is 0. The van der Waals surface area contributed by atoms with Crippen LogP contribution in [0, 0.1) is 17.6 Å². The Morgan fingerprint density at radius 1 is 1.06 bits per heavy atom. The number of H-pyrrole nitrogens is 1. The lowest BCUT2D eigenvalue weighted by Gasteiger charge is -2.03. The Hall–Kier alpha value is -2.04. The smallest absolute Gasteiger partial charge is 0.250 e. The molecule has 0 atom stereocenters. The molecular formula is C11H6F3NO. The SMILES string of the molecule is O=c1cc(-c2cccc(F)c2F)cc(F)[nH]1. The van der Waals surface area contributed by atoms with Gasteiger partial charge in [0, 0.05) is 11.6 Å².